The molecule has 462 valence electrons. The van der Waals surface area contributed by atoms with Crippen LogP contribution in [0.2, 0.25) is 0 Å². The van der Waals surface area contributed by atoms with Crippen LogP contribution in [0.3, 0.4) is 0 Å². The quantitative estimate of drug-likeness (QED) is 0.0373. The molecule has 0 bridgehead atoms. The largest absolute Gasteiger partial charge is 0.491 e. The number of rotatable bonds is 59. The van der Waals surface area contributed by atoms with E-state index in [0.717, 1.165) is 76.1 Å². The fourth-order valence-corrected chi connectivity index (χ4v) is 18.4. The van der Waals surface area contributed by atoms with E-state index in [1.54, 1.807) is 0 Å². The van der Waals surface area contributed by atoms with Gasteiger partial charge in [-0.2, -0.15) is 0 Å². The summed E-state index contributed by atoms with van der Waals surface area (Å²) < 4.78 is 30.4. The molecule has 2 rings (SSSR count). The Balaban J connectivity index is 1.16. The van der Waals surface area contributed by atoms with Gasteiger partial charge in [0.25, 0.3) is 0 Å². The monoisotopic (exact) mass is 1790 g/mol. The highest BCUT2D eigenvalue weighted by molar-refractivity contribution is 14.1. The lowest BCUT2D eigenvalue weighted by atomic mass is 10.0. The predicted octanol–water partition coefficient (Wildman–Crippen LogP) is 25.4. The van der Waals surface area contributed by atoms with Crippen molar-refractivity contribution >= 4 is 147 Å². The topological polar surface area (TPSA) is 71.1 Å². The summed E-state index contributed by atoms with van der Waals surface area (Å²) in [6.45, 7) is 2.53. The molecule has 0 aliphatic carbocycles. The predicted molar refractivity (Wildman–Crippen MR) is 393 cm³/mol. The van der Waals surface area contributed by atoms with Crippen LogP contribution in [0.4, 0.5) is 0 Å². The number of benzene rings is 2. The summed E-state index contributed by atoms with van der Waals surface area (Å²) in [7, 11) is 0. The number of carbonyl (C=O) groups excluding carboxylic acids is 2. The standard InChI is InChI=1S/C68H112I6O6/c69-59-55-61(71)67(62(72)56-59)79-53-45-41-37-33-29-25-21-17-13-9-5-1-3-7-11-15-19-23-27-31-35-39-43-49-65(75)77-51-47-48-52-78-66(76)50-44-40-36-32-28-24-20-16-12-8-4-2-6-10-14-18-22-26-30-34-38-42-46-54-80-68-63(73)57-60(70)58-64(68)74/h55-58H,1-54H2. The smallest absolute Gasteiger partial charge is 0.305 e. The molecule has 0 aromatic heterocycles. The van der Waals surface area contributed by atoms with Crippen LogP contribution in [-0.4, -0.2) is 38.4 Å². The minimum atomic E-state index is -0.0800. The molecule has 0 unspecified atom stereocenters. The third kappa shape index (κ3) is 48.4. The van der Waals surface area contributed by atoms with Gasteiger partial charge in [-0.3, -0.25) is 9.59 Å². The summed E-state index contributed by atoms with van der Waals surface area (Å²) in [4.78, 5) is 24.3. The van der Waals surface area contributed by atoms with Gasteiger partial charge in [-0.25, -0.2) is 0 Å². The fourth-order valence-electron chi connectivity index (χ4n) is 10.6. The van der Waals surface area contributed by atoms with Crippen LogP contribution in [0.15, 0.2) is 24.3 Å². The number of unbranched alkanes of at least 4 members (excludes halogenated alkanes) is 45. The summed E-state index contributed by atoms with van der Waals surface area (Å²) >= 11 is 14.3. The van der Waals surface area contributed by atoms with Gasteiger partial charge in [0.05, 0.1) is 40.7 Å². The van der Waals surface area contributed by atoms with E-state index >= 15 is 0 Å². The SMILES string of the molecule is O=C(CCCCCCCCCCCCCCCCCCCCCCCCCOc1c(I)cc(I)cc1I)OCCCCOC(=O)CCCCCCCCCCCCCCCCCCCCCCCCCOc1c(I)cc(I)cc1I. The normalized spacial score (nSPS) is 11.4. The van der Waals surface area contributed by atoms with E-state index < -0.39 is 0 Å². The maximum absolute atomic E-state index is 12.2. The molecule has 0 spiro atoms. The van der Waals surface area contributed by atoms with Crippen molar-refractivity contribution in [3.63, 3.8) is 0 Å². The van der Waals surface area contributed by atoms with Gasteiger partial charge in [-0.1, -0.05) is 270 Å². The summed E-state index contributed by atoms with van der Waals surface area (Å²) in [5.74, 6) is 1.97. The van der Waals surface area contributed by atoms with Crippen LogP contribution < -0.4 is 9.47 Å². The van der Waals surface area contributed by atoms with Crippen LogP contribution >= 0.6 is 136 Å². The van der Waals surface area contributed by atoms with E-state index in [9.17, 15) is 9.59 Å². The lowest BCUT2D eigenvalue weighted by Gasteiger charge is -2.11. The average Bonchev–Trinajstić information content (AvgIpc) is 3.42. The van der Waals surface area contributed by atoms with Gasteiger partial charge >= 0.3 is 11.9 Å². The first-order valence-electron chi connectivity index (χ1n) is 33.0. The summed E-state index contributed by atoms with van der Waals surface area (Å²) in [6.07, 6.45) is 64.1. The van der Waals surface area contributed by atoms with Gasteiger partial charge in [-0.05, 0) is 198 Å². The number of halogens is 6. The summed E-state index contributed by atoms with van der Waals surface area (Å²) in [5, 5.41) is 0. The van der Waals surface area contributed by atoms with E-state index in [2.05, 4.69) is 160 Å². The molecule has 12 heteroatoms. The molecule has 0 heterocycles. The Morgan fingerprint density at radius 1 is 0.237 bits per heavy atom. The number of esters is 2. The molecule has 2 aromatic carbocycles. The number of hydrogen-bond donors (Lipinski definition) is 0. The highest BCUT2D eigenvalue weighted by Gasteiger charge is 2.10. The molecule has 0 saturated heterocycles. The van der Waals surface area contributed by atoms with E-state index in [0.29, 0.717) is 26.1 Å². The third-order valence-electron chi connectivity index (χ3n) is 15.5. The molecule has 0 fully saturated rings. The van der Waals surface area contributed by atoms with Gasteiger partial charge in [0, 0.05) is 20.0 Å². The van der Waals surface area contributed by atoms with E-state index in [1.165, 1.54) is 278 Å². The summed E-state index contributed by atoms with van der Waals surface area (Å²) in [6, 6.07) is 8.76. The van der Waals surface area contributed by atoms with Gasteiger partial charge in [-0.15, -0.1) is 0 Å². The van der Waals surface area contributed by atoms with Gasteiger partial charge < -0.3 is 18.9 Å². The molecule has 0 aliphatic heterocycles. The molecule has 0 radical (unpaired) electrons. The average molecular weight is 1790 g/mol. The number of carbonyl (C=O) groups is 2. The second-order valence-corrected chi connectivity index (χ2v) is 30.1. The van der Waals surface area contributed by atoms with Crippen molar-refractivity contribution < 1.29 is 28.5 Å². The zero-order chi connectivity index (χ0) is 57.6. The van der Waals surface area contributed by atoms with Crippen molar-refractivity contribution in [2.24, 2.45) is 0 Å². The molecule has 0 amide bonds. The molecular formula is C68H112I6O6. The Labute approximate surface area is 573 Å². The Morgan fingerprint density at radius 2 is 0.400 bits per heavy atom. The molecule has 0 saturated carbocycles. The van der Waals surface area contributed by atoms with Gasteiger partial charge in [0.1, 0.15) is 11.5 Å². The molecule has 2 aromatic rings. The first-order chi connectivity index (χ1) is 39.2. The highest BCUT2D eigenvalue weighted by atomic mass is 127. The maximum Gasteiger partial charge on any atom is 0.305 e. The van der Waals surface area contributed by atoms with Crippen molar-refractivity contribution in [1.82, 2.24) is 0 Å². The minimum absolute atomic E-state index is 0.0800. The van der Waals surface area contributed by atoms with Gasteiger partial charge in [0.2, 0.25) is 0 Å². The van der Waals surface area contributed by atoms with Crippen LogP contribution in [0.25, 0.3) is 0 Å². The molecule has 0 aliphatic rings. The minimum Gasteiger partial charge on any atom is -0.491 e. The third-order valence-corrected chi connectivity index (χ3v) is 20.0. The second-order valence-electron chi connectivity index (χ2n) is 23.0. The fraction of sp³-hybridized carbons (Fsp3) is 0.794. The van der Waals surface area contributed by atoms with Gasteiger partial charge in [0.15, 0.2) is 0 Å². The molecule has 0 atom stereocenters. The lowest BCUT2D eigenvalue weighted by Crippen LogP contribution is -2.08. The van der Waals surface area contributed by atoms with Crippen LogP contribution in [0, 0.1) is 21.4 Å². The van der Waals surface area contributed by atoms with E-state index in [-0.39, 0.29) is 11.9 Å². The maximum atomic E-state index is 12.2. The van der Waals surface area contributed by atoms with Crippen molar-refractivity contribution in [1.29, 1.82) is 0 Å². The Hall–Kier alpha value is 1.36. The molecule has 6 nitrogen and oxygen atoms in total. The van der Waals surface area contributed by atoms with Crippen LogP contribution in [-0.2, 0) is 19.1 Å². The second kappa shape index (κ2) is 58.1. The van der Waals surface area contributed by atoms with E-state index in [4.69, 9.17) is 18.9 Å². The Bertz CT molecular complexity index is 1590. The molecule has 80 heavy (non-hydrogen) atoms. The van der Waals surface area contributed by atoms with Crippen LogP contribution in [0.5, 0.6) is 11.5 Å². The first-order valence-corrected chi connectivity index (χ1v) is 39.5. The lowest BCUT2D eigenvalue weighted by molar-refractivity contribution is -0.146. The highest BCUT2D eigenvalue weighted by Crippen LogP contribution is 2.31. The van der Waals surface area contributed by atoms with Crippen LogP contribution in [0.1, 0.15) is 321 Å². The van der Waals surface area contributed by atoms with Crippen molar-refractivity contribution in [3.05, 3.63) is 45.7 Å². The molecule has 0 N–H and O–H groups in total. The summed E-state index contributed by atoms with van der Waals surface area (Å²) in [5.41, 5.74) is 0. The number of hydrogen-bond acceptors (Lipinski definition) is 6. The Morgan fingerprint density at radius 3 is 0.600 bits per heavy atom. The zero-order valence-corrected chi connectivity index (χ0v) is 63.2. The zero-order valence-electron chi connectivity index (χ0n) is 50.2. The van der Waals surface area contributed by atoms with E-state index in [1.807, 2.05) is 0 Å². The van der Waals surface area contributed by atoms with Crippen molar-refractivity contribution in [2.75, 3.05) is 26.4 Å². The van der Waals surface area contributed by atoms with Crippen molar-refractivity contribution in [3.8, 4) is 11.5 Å². The number of ether oxygens (including phenoxy) is 4. The van der Waals surface area contributed by atoms with Crippen molar-refractivity contribution in [2.45, 2.75) is 321 Å². The Kier molecular flexibility index (Phi) is 56.2. The first kappa shape index (κ1) is 77.5. The molecular weight excluding hydrogens is 1670 g/mol.